The molecule has 0 amide bonds. The number of hydrogen-bond donors (Lipinski definition) is 1. The second-order valence-corrected chi connectivity index (χ2v) is 7.38. The lowest BCUT2D eigenvalue weighted by Crippen LogP contribution is -1.97. The molecule has 5 nitrogen and oxygen atoms in total. The fraction of sp³-hybridized carbons (Fsp3) is 0.0385. The molecular formula is C26H18N2O3. The van der Waals surface area contributed by atoms with Crippen LogP contribution in [-0.2, 0) is 0 Å². The topological polar surface area (TPSA) is 70.5 Å². The van der Waals surface area contributed by atoms with Gasteiger partial charge in [0.1, 0.15) is 5.76 Å². The third-order valence-electron chi connectivity index (χ3n) is 5.49. The third kappa shape index (κ3) is 2.90. The van der Waals surface area contributed by atoms with Crippen molar-refractivity contribution in [3.63, 3.8) is 0 Å². The second-order valence-electron chi connectivity index (χ2n) is 7.38. The monoisotopic (exact) mass is 406 g/mol. The van der Waals surface area contributed by atoms with E-state index in [4.69, 9.17) is 24.6 Å². The van der Waals surface area contributed by atoms with Crippen LogP contribution in [0.5, 0.6) is 11.5 Å². The van der Waals surface area contributed by atoms with Crippen molar-refractivity contribution in [2.24, 2.45) is 0 Å². The molecule has 1 aliphatic rings. The van der Waals surface area contributed by atoms with Gasteiger partial charge in [0.2, 0.25) is 12.5 Å². The Kier molecular flexibility index (Phi) is 3.93. The molecule has 3 heterocycles. The molecule has 0 aliphatic carbocycles. The Morgan fingerprint density at radius 1 is 0.710 bits per heavy atom. The minimum atomic E-state index is 0.230. The maximum absolute atomic E-state index is 6.73. The van der Waals surface area contributed by atoms with E-state index in [1.54, 1.807) is 0 Å². The number of ether oxygens (including phenoxy) is 2. The minimum Gasteiger partial charge on any atom is -0.454 e. The van der Waals surface area contributed by atoms with E-state index in [0.29, 0.717) is 22.9 Å². The first kappa shape index (κ1) is 17.6. The van der Waals surface area contributed by atoms with E-state index in [9.17, 15) is 0 Å². The molecule has 0 unspecified atom stereocenters. The quantitative estimate of drug-likeness (QED) is 0.390. The lowest BCUT2D eigenvalue weighted by molar-refractivity contribution is 0.174. The highest BCUT2D eigenvalue weighted by Crippen LogP contribution is 2.43. The van der Waals surface area contributed by atoms with Gasteiger partial charge in [0.05, 0.1) is 16.8 Å². The Labute approximate surface area is 178 Å². The lowest BCUT2D eigenvalue weighted by atomic mass is 9.96. The van der Waals surface area contributed by atoms with Crippen molar-refractivity contribution >= 4 is 16.8 Å². The number of nitrogens with two attached hydrogens (primary N) is 1. The molecule has 0 bridgehead atoms. The number of fused-ring (bicyclic) bond motifs is 2. The van der Waals surface area contributed by atoms with Crippen LogP contribution in [0, 0.1) is 0 Å². The van der Waals surface area contributed by atoms with E-state index in [-0.39, 0.29) is 6.79 Å². The van der Waals surface area contributed by atoms with Crippen molar-refractivity contribution in [1.29, 1.82) is 0 Å². The van der Waals surface area contributed by atoms with Gasteiger partial charge < -0.3 is 19.6 Å². The second kappa shape index (κ2) is 6.92. The van der Waals surface area contributed by atoms with Crippen molar-refractivity contribution in [1.82, 2.24) is 4.98 Å². The Morgan fingerprint density at radius 2 is 1.42 bits per heavy atom. The summed E-state index contributed by atoms with van der Waals surface area (Å²) in [6, 6.07) is 27.8. The zero-order chi connectivity index (χ0) is 20.8. The maximum Gasteiger partial charge on any atom is 0.231 e. The molecule has 0 atom stereocenters. The number of furan rings is 1. The molecular weight excluding hydrogens is 388 g/mol. The highest BCUT2D eigenvalue weighted by Gasteiger charge is 2.21. The Hall–Kier alpha value is -4.25. The summed E-state index contributed by atoms with van der Waals surface area (Å²) in [5.74, 6) is 2.11. The Balaban J connectivity index is 1.59. The van der Waals surface area contributed by atoms with E-state index in [1.165, 1.54) is 0 Å². The van der Waals surface area contributed by atoms with Gasteiger partial charge in [-0.1, -0.05) is 60.7 Å². The normalized spacial score (nSPS) is 12.4. The van der Waals surface area contributed by atoms with Crippen LogP contribution in [0.2, 0.25) is 0 Å². The molecule has 0 saturated carbocycles. The molecule has 150 valence electrons. The molecule has 31 heavy (non-hydrogen) atoms. The number of pyridine rings is 1. The summed E-state index contributed by atoms with van der Waals surface area (Å²) in [5.41, 5.74) is 12.4. The molecule has 3 aromatic carbocycles. The van der Waals surface area contributed by atoms with Gasteiger partial charge >= 0.3 is 0 Å². The smallest absolute Gasteiger partial charge is 0.231 e. The molecule has 0 radical (unpaired) electrons. The van der Waals surface area contributed by atoms with Crippen molar-refractivity contribution in [3.8, 4) is 45.2 Å². The SMILES string of the molecule is Nc1c(-c2ccccc2)c(-c2ccccc2)nc2oc(-c3ccc4c(c3)OCO4)cc12. The van der Waals surface area contributed by atoms with Crippen LogP contribution < -0.4 is 15.2 Å². The third-order valence-corrected chi connectivity index (χ3v) is 5.49. The molecule has 1 aliphatic heterocycles. The zero-order valence-corrected chi connectivity index (χ0v) is 16.5. The standard InChI is InChI=1S/C26H18N2O3/c27-24-19-14-21(18-11-12-20-22(13-18)30-15-29-20)31-26(19)28-25(17-9-5-2-6-10-17)23(24)16-7-3-1-4-8-16/h1-14H,15H2,(H2,27,28). The number of hydrogen-bond acceptors (Lipinski definition) is 5. The van der Waals surface area contributed by atoms with Crippen LogP contribution in [0.3, 0.4) is 0 Å². The van der Waals surface area contributed by atoms with Gasteiger partial charge in [0, 0.05) is 16.7 Å². The van der Waals surface area contributed by atoms with Crippen LogP contribution in [0.1, 0.15) is 0 Å². The summed E-state index contributed by atoms with van der Waals surface area (Å²) in [4.78, 5) is 4.90. The summed E-state index contributed by atoms with van der Waals surface area (Å²) in [6.07, 6.45) is 0. The maximum atomic E-state index is 6.73. The van der Waals surface area contributed by atoms with Gasteiger partial charge in [-0.15, -0.1) is 0 Å². The fourth-order valence-electron chi connectivity index (χ4n) is 3.97. The number of anilines is 1. The molecule has 0 saturated heterocycles. The van der Waals surface area contributed by atoms with Gasteiger partial charge in [-0.3, -0.25) is 0 Å². The number of aromatic nitrogens is 1. The molecule has 2 aromatic heterocycles. The van der Waals surface area contributed by atoms with E-state index in [1.807, 2.05) is 84.9 Å². The number of nitrogens with zero attached hydrogens (tertiary/aromatic N) is 1. The van der Waals surface area contributed by atoms with Gasteiger partial charge in [-0.25, -0.2) is 4.98 Å². The van der Waals surface area contributed by atoms with Gasteiger partial charge in [0.25, 0.3) is 0 Å². The summed E-state index contributed by atoms with van der Waals surface area (Å²) in [5, 5.41) is 0.784. The van der Waals surface area contributed by atoms with E-state index in [0.717, 1.165) is 39.1 Å². The summed E-state index contributed by atoms with van der Waals surface area (Å²) in [6.45, 7) is 0.230. The van der Waals surface area contributed by atoms with Crippen LogP contribution >= 0.6 is 0 Å². The average molecular weight is 406 g/mol. The van der Waals surface area contributed by atoms with Gasteiger partial charge in [-0.2, -0.15) is 0 Å². The molecule has 5 heteroatoms. The highest BCUT2D eigenvalue weighted by molar-refractivity contribution is 6.03. The Bertz CT molecular complexity index is 1410. The predicted molar refractivity (Wildman–Crippen MR) is 121 cm³/mol. The highest BCUT2D eigenvalue weighted by atomic mass is 16.7. The first-order valence-electron chi connectivity index (χ1n) is 10.0. The summed E-state index contributed by atoms with van der Waals surface area (Å²) >= 11 is 0. The van der Waals surface area contributed by atoms with Crippen LogP contribution in [0.25, 0.3) is 44.8 Å². The zero-order valence-electron chi connectivity index (χ0n) is 16.5. The van der Waals surface area contributed by atoms with Gasteiger partial charge in [-0.05, 0) is 29.8 Å². The lowest BCUT2D eigenvalue weighted by Gasteiger charge is -2.13. The van der Waals surface area contributed by atoms with Crippen molar-refractivity contribution in [3.05, 3.63) is 84.9 Å². The van der Waals surface area contributed by atoms with Gasteiger partial charge in [0.15, 0.2) is 11.5 Å². The van der Waals surface area contributed by atoms with Crippen molar-refractivity contribution < 1.29 is 13.9 Å². The predicted octanol–water partition coefficient (Wildman–Crippen LogP) is 6.14. The first-order chi connectivity index (χ1) is 15.3. The van der Waals surface area contributed by atoms with E-state index < -0.39 is 0 Å². The fourth-order valence-corrected chi connectivity index (χ4v) is 3.97. The summed E-state index contributed by atoms with van der Waals surface area (Å²) < 4.78 is 17.1. The number of rotatable bonds is 3. The van der Waals surface area contributed by atoms with Crippen molar-refractivity contribution in [2.75, 3.05) is 12.5 Å². The molecule has 5 aromatic rings. The molecule has 0 spiro atoms. The first-order valence-corrected chi connectivity index (χ1v) is 10.0. The van der Waals surface area contributed by atoms with Crippen LogP contribution in [0.15, 0.2) is 89.3 Å². The Morgan fingerprint density at radius 3 is 2.19 bits per heavy atom. The average Bonchev–Trinajstić information content (AvgIpc) is 3.47. The molecule has 2 N–H and O–H groups in total. The summed E-state index contributed by atoms with van der Waals surface area (Å²) in [7, 11) is 0. The minimum absolute atomic E-state index is 0.230. The number of nitrogen functional groups attached to an aromatic ring is 1. The largest absolute Gasteiger partial charge is 0.454 e. The molecule has 0 fully saturated rings. The number of benzene rings is 3. The van der Waals surface area contributed by atoms with E-state index >= 15 is 0 Å². The molecule has 6 rings (SSSR count). The van der Waals surface area contributed by atoms with Crippen LogP contribution in [0.4, 0.5) is 5.69 Å². The van der Waals surface area contributed by atoms with Crippen LogP contribution in [-0.4, -0.2) is 11.8 Å². The van der Waals surface area contributed by atoms with Crippen molar-refractivity contribution in [2.45, 2.75) is 0 Å². The van der Waals surface area contributed by atoms with E-state index in [2.05, 4.69) is 0 Å².